The third-order valence-electron chi connectivity index (χ3n) is 17.1. The van der Waals surface area contributed by atoms with Gasteiger partial charge < -0.3 is 0 Å². The average molecular weight is 1090 g/mol. The third kappa shape index (κ3) is 9.70. The van der Waals surface area contributed by atoms with Crippen molar-refractivity contribution in [2.24, 2.45) is 0 Å². The van der Waals surface area contributed by atoms with Crippen LogP contribution in [0.2, 0.25) is 0 Å². The molecule has 0 amide bonds. The first-order chi connectivity index (χ1) is 42.7. The van der Waals surface area contributed by atoms with Gasteiger partial charge in [-0.05, 0) is 191 Å². The maximum Gasteiger partial charge on any atom is -0.00137 e. The minimum atomic E-state index is 1.14. The zero-order valence-corrected chi connectivity index (χ0v) is 47.5. The fourth-order valence-electron chi connectivity index (χ4n) is 13.1. The molecule has 0 unspecified atom stereocenters. The van der Waals surface area contributed by atoms with Crippen LogP contribution in [0.3, 0.4) is 0 Å². The number of hydrogen-bond acceptors (Lipinski definition) is 0. The second kappa shape index (κ2) is 22.9. The summed E-state index contributed by atoms with van der Waals surface area (Å²) >= 11 is 0. The van der Waals surface area contributed by atoms with E-state index in [1.165, 1.54) is 66.8 Å². The minimum absolute atomic E-state index is 1.14. The largest absolute Gasteiger partial charge is 0.0622 e. The Labute approximate surface area is 503 Å². The highest BCUT2D eigenvalue weighted by Gasteiger charge is 2.28. The van der Waals surface area contributed by atoms with E-state index in [1.54, 1.807) is 0 Å². The van der Waals surface area contributed by atoms with Gasteiger partial charge in [0.1, 0.15) is 0 Å². The van der Waals surface area contributed by atoms with Gasteiger partial charge in [0, 0.05) is 0 Å². The summed E-state index contributed by atoms with van der Waals surface area (Å²) in [5.74, 6) is 0. The van der Waals surface area contributed by atoms with Crippen molar-refractivity contribution in [3.8, 4) is 134 Å². The highest BCUT2D eigenvalue weighted by molar-refractivity contribution is 6.27. The molecule has 15 aromatic carbocycles. The predicted octanol–water partition coefficient (Wildman–Crippen LogP) is 24.0. The standard InChI is InChI=1S/C86H58/c1-9-29-59(30-10-1)69-55-77(63-37-17-5-18-38-63)85(78(56-69)64-39-19-6-20-40-64)83-75-51-49-68(74-48-28-26-46-72(74)62-35-15-4-16-36-62)54-82(75)84(76-52-50-67(53-81(76)83)73-47-27-25-45-71(73)61-33-13-3-14-34-61)86-79(65-41-21-7-22-42-65)57-70(60-31-11-2-12-32-60)58-80(86)66-43-23-8-24-44-66/h1-58H. The Bertz CT molecular complexity index is 4460. The van der Waals surface area contributed by atoms with Gasteiger partial charge in [-0.1, -0.05) is 315 Å². The molecule has 0 saturated carbocycles. The lowest BCUT2D eigenvalue weighted by molar-refractivity contribution is 1.55. The summed E-state index contributed by atoms with van der Waals surface area (Å²) in [6.45, 7) is 0. The highest BCUT2D eigenvalue weighted by Crippen LogP contribution is 2.55. The van der Waals surface area contributed by atoms with Gasteiger partial charge in [-0.2, -0.15) is 0 Å². The molecular weight excluding hydrogens is 1030 g/mol. The summed E-state index contributed by atoms with van der Waals surface area (Å²) < 4.78 is 0. The van der Waals surface area contributed by atoms with Crippen LogP contribution in [-0.2, 0) is 0 Å². The van der Waals surface area contributed by atoms with E-state index in [4.69, 9.17) is 0 Å². The van der Waals surface area contributed by atoms with Crippen LogP contribution < -0.4 is 0 Å². The molecule has 0 nitrogen and oxygen atoms in total. The smallest absolute Gasteiger partial charge is 0.00137 e. The molecule has 0 heterocycles. The lowest BCUT2D eigenvalue weighted by atomic mass is 9.76. The molecule has 0 atom stereocenters. The molecule has 0 heteroatoms. The van der Waals surface area contributed by atoms with Gasteiger partial charge in [0.15, 0.2) is 0 Å². The number of hydrogen-bond donors (Lipinski definition) is 0. The predicted molar refractivity (Wildman–Crippen MR) is 367 cm³/mol. The summed E-state index contributed by atoms with van der Waals surface area (Å²) in [4.78, 5) is 0. The van der Waals surface area contributed by atoms with Crippen molar-refractivity contribution in [2.45, 2.75) is 0 Å². The topological polar surface area (TPSA) is 0 Å². The van der Waals surface area contributed by atoms with Crippen LogP contribution in [0.25, 0.3) is 155 Å². The molecule has 402 valence electrons. The second-order valence-corrected chi connectivity index (χ2v) is 22.2. The Balaban J connectivity index is 1.18. The van der Waals surface area contributed by atoms with Crippen LogP contribution in [0.15, 0.2) is 352 Å². The van der Waals surface area contributed by atoms with E-state index in [9.17, 15) is 0 Å². The molecule has 86 heavy (non-hydrogen) atoms. The molecule has 0 spiro atoms. The first-order valence-electron chi connectivity index (χ1n) is 29.7. The van der Waals surface area contributed by atoms with Crippen LogP contribution in [0.1, 0.15) is 0 Å². The van der Waals surface area contributed by atoms with Gasteiger partial charge in [-0.3, -0.25) is 0 Å². The van der Waals surface area contributed by atoms with Crippen LogP contribution >= 0.6 is 0 Å². The summed E-state index contributed by atoms with van der Waals surface area (Å²) in [6.07, 6.45) is 0. The van der Waals surface area contributed by atoms with Crippen LogP contribution in [0.4, 0.5) is 0 Å². The lowest BCUT2D eigenvalue weighted by Crippen LogP contribution is -1.99. The Hall–Kier alpha value is -11.2. The van der Waals surface area contributed by atoms with Crippen molar-refractivity contribution in [3.05, 3.63) is 352 Å². The molecule has 0 radical (unpaired) electrons. The molecule has 0 aliphatic heterocycles. The number of rotatable bonds is 12. The average Bonchev–Trinajstić information content (AvgIpc) is 0.933. The van der Waals surface area contributed by atoms with Crippen molar-refractivity contribution >= 4 is 21.5 Å². The van der Waals surface area contributed by atoms with Gasteiger partial charge in [-0.15, -0.1) is 0 Å². The zero-order valence-electron chi connectivity index (χ0n) is 47.5. The molecule has 0 fully saturated rings. The first-order valence-corrected chi connectivity index (χ1v) is 29.7. The molecule has 0 N–H and O–H groups in total. The highest BCUT2D eigenvalue weighted by atomic mass is 14.3. The molecule has 0 aliphatic rings. The van der Waals surface area contributed by atoms with E-state index in [2.05, 4.69) is 352 Å². The maximum absolute atomic E-state index is 2.52. The molecule has 0 bridgehead atoms. The van der Waals surface area contributed by atoms with Crippen molar-refractivity contribution in [2.75, 3.05) is 0 Å². The Kier molecular flexibility index (Phi) is 13.7. The Morgan fingerprint density at radius 3 is 0.570 bits per heavy atom. The van der Waals surface area contributed by atoms with Gasteiger partial charge in [-0.25, -0.2) is 0 Å². The SMILES string of the molecule is c1ccc(-c2cc(-c3ccccc3)c(-c3c4ccc(-c5ccccc5-c5ccccc5)cc4c(-c4c(-c5ccccc5)cc(-c5ccccc5)cc4-c4ccccc4)c4ccc(-c5ccccc5-c5ccccc5)cc34)c(-c3ccccc3)c2)cc1. The van der Waals surface area contributed by atoms with Gasteiger partial charge >= 0.3 is 0 Å². The number of benzene rings is 15. The molecule has 0 aliphatic carbocycles. The van der Waals surface area contributed by atoms with E-state index in [1.807, 2.05) is 0 Å². The summed E-state index contributed by atoms with van der Waals surface area (Å²) in [6, 6.07) is 130. The van der Waals surface area contributed by atoms with Crippen molar-refractivity contribution in [3.63, 3.8) is 0 Å². The van der Waals surface area contributed by atoms with E-state index in [0.29, 0.717) is 0 Å². The summed E-state index contributed by atoms with van der Waals surface area (Å²) in [7, 11) is 0. The van der Waals surface area contributed by atoms with Crippen molar-refractivity contribution < 1.29 is 0 Å². The summed E-state index contributed by atoms with van der Waals surface area (Å²) in [5.41, 5.74) is 28.0. The Morgan fingerprint density at radius 1 is 0.105 bits per heavy atom. The Morgan fingerprint density at radius 2 is 0.314 bits per heavy atom. The lowest BCUT2D eigenvalue weighted by Gasteiger charge is -2.26. The van der Waals surface area contributed by atoms with E-state index >= 15 is 0 Å². The fourth-order valence-corrected chi connectivity index (χ4v) is 13.1. The monoisotopic (exact) mass is 1090 g/mol. The molecule has 0 saturated heterocycles. The minimum Gasteiger partial charge on any atom is -0.0622 e. The van der Waals surface area contributed by atoms with Gasteiger partial charge in [0.2, 0.25) is 0 Å². The van der Waals surface area contributed by atoms with Crippen molar-refractivity contribution in [1.29, 1.82) is 0 Å². The molecule has 15 aromatic rings. The molecule has 15 rings (SSSR count). The quantitative estimate of drug-likeness (QED) is 0.107. The molecular formula is C86H58. The normalized spacial score (nSPS) is 11.3. The van der Waals surface area contributed by atoms with E-state index in [-0.39, 0.29) is 0 Å². The van der Waals surface area contributed by atoms with Crippen LogP contribution in [0.5, 0.6) is 0 Å². The van der Waals surface area contributed by atoms with E-state index < -0.39 is 0 Å². The van der Waals surface area contributed by atoms with Crippen molar-refractivity contribution in [1.82, 2.24) is 0 Å². The number of fused-ring (bicyclic) bond motifs is 2. The van der Waals surface area contributed by atoms with E-state index in [0.717, 1.165) is 88.3 Å². The third-order valence-corrected chi connectivity index (χ3v) is 17.1. The van der Waals surface area contributed by atoms with Gasteiger partial charge in [0.25, 0.3) is 0 Å². The molecule has 0 aromatic heterocycles. The maximum atomic E-state index is 2.52. The van der Waals surface area contributed by atoms with Crippen LogP contribution in [0, 0.1) is 0 Å². The van der Waals surface area contributed by atoms with Crippen LogP contribution in [-0.4, -0.2) is 0 Å². The first kappa shape index (κ1) is 51.7. The summed E-state index contributed by atoms with van der Waals surface area (Å²) in [5, 5.41) is 4.65. The van der Waals surface area contributed by atoms with Gasteiger partial charge in [0.05, 0.1) is 0 Å². The second-order valence-electron chi connectivity index (χ2n) is 22.2. The fraction of sp³-hybridized carbons (Fsp3) is 0. The zero-order chi connectivity index (χ0) is 57.2.